The Bertz CT molecular complexity index is 798. The molecular weight excluding hydrogens is 396 g/mol. The van der Waals surface area contributed by atoms with Crippen molar-refractivity contribution in [2.45, 2.75) is 83.2 Å². The van der Waals surface area contributed by atoms with Crippen molar-refractivity contribution in [1.82, 2.24) is 0 Å². The van der Waals surface area contributed by atoms with Crippen molar-refractivity contribution in [3.05, 3.63) is 24.0 Å². The summed E-state index contributed by atoms with van der Waals surface area (Å²) in [4.78, 5) is 13.3. The number of aliphatic hydroxyl groups is 1. The van der Waals surface area contributed by atoms with Gasteiger partial charge < -0.3 is 24.1 Å². The number of carbonyl (C=O) groups is 1. The molecule has 2 aliphatic heterocycles. The van der Waals surface area contributed by atoms with E-state index >= 15 is 0 Å². The highest BCUT2D eigenvalue weighted by Crippen LogP contribution is 2.68. The number of hydrogen-bond acceptors (Lipinski definition) is 6. The lowest BCUT2D eigenvalue weighted by molar-refractivity contribution is -0.197. The van der Waals surface area contributed by atoms with Crippen molar-refractivity contribution < 1.29 is 28.8 Å². The fourth-order valence-corrected chi connectivity index (χ4v) is 7.57. The Kier molecular flexibility index (Phi) is 5.07. The van der Waals surface area contributed by atoms with E-state index in [1.165, 1.54) is 5.57 Å². The zero-order valence-corrected chi connectivity index (χ0v) is 19.0. The zero-order valence-electron chi connectivity index (χ0n) is 19.0. The third-order valence-corrected chi connectivity index (χ3v) is 9.01. The Morgan fingerprint density at radius 3 is 2.74 bits per heavy atom. The van der Waals surface area contributed by atoms with E-state index in [0.29, 0.717) is 32.7 Å². The number of esters is 1. The molecule has 5 rings (SSSR count). The Labute approximate surface area is 184 Å². The SMILES string of the molecule is CCC[C@]12C[C@H](OC1=O)[C@@H]1[C@H](CC=C3CC4(CC[C@@]31C)OCCO4)[C@@]2(O)/C=C/OCC. The minimum Gasteiger partial charge on any atom is -0.502 e. The molecule has 31 heavy (non-hydrogen) atoms. The van der Waals surface area contributed by atoms with Gasteiger partial charge in [-0.2, -0.15) is 0 Å². The third kappa shape index (κ3) is 2.83. The highest BCUT2D eigenvalue weighted by molar-refractivity contribution is 5.82. The number of carbonyl (C=O) groups excluding carboxylic acids is 1. The van der Waals surface area contributed by atoms with E-state index in [-0.39, 0.29) is 29.3 Å². The first-order chi connectivity index (χ1) is 14.8. The summed E-state index contributed by atoms with van der Waals surface area (Å²) in [7, 11) is 0. The van der Waals surface area contributed by atoms with Crippen molar-refractivity contribution >= 4 is 5.97 Å². The smallest absolute Gasteiger partial charge is 0.315 e. The first kappa shape index (κ1) is 21.5. The van der Waals surface area contributed by atoms with Crippen LogP contribution >= 0.6 is 0 Å². The largest absolute Gasteiger partial charge is 0.502 e. The molecule has 4 fully saturated rings. The molecule has 3 aliphatic carbocycles. The Balaban J connectivity index is 1.57. The lowest BCUT2D eigenvalue weighted by atomic mass is 9.45. The third-order valence-electron chi connectivity index (χ3n) is 9.01. The molecule has 6 atom stereocenters. The van der Waals surface area contributed by atoms with Crippen LogP contribution in [0, 0.1) is 22.7 Å². The maximum Gasteiger partial charge on any atom is 0.315 e. The van der Waals surface area contributed by atoms with Crippen molar-refractivity contribution in [2.75, 3.05) is 19.8 Å². The second kappa shape index (κ2) is 7.32. The van der Waals surface area contributed by atoms with Crippen LogP contribution in [0.4, 0.5) is 0 Å². The van der Waals surface area contributed by atoms with E-state index in [9.17, 15) is 9.90 Å². The van der Waals surface area contributed by atoms with E-state index in [1.54, 1.807) is 12.3 Å². The van der Waals surface area contributed by atoms with Gasteiger partial charge in [-0.3, -0.25) is 4.79 Å². The first-order valence-corrected chi connectivity index (χ1v) is 12.0. The quantitative estimate of drug-likeness (QED) is 0.404. The fourth-order valence-electron chi connectivity index (χ4n) is 7.57. The topological polar surface area (TPSA) is 74.2 Å². The zero-order chi connectivity index (χ0) is 21.9. The molecule has 2 saturated carbocycles. The van der Waals surface area contributed by atoms with Gasteiger partial charge in [0.1, 0.15) is 17.1 Å². The minimum atomic E-state index is -1.28. The van der Waals surface area contributed by atoms with Crippen LogP contribution in [-0.4, -0.2) is 48.4 Å². The van der Waals surface area contributed by atoms with Crippen molar-refractivity contribution in [2.24, 2.45) is 22.7 Å². The van der Waals surface area contributed by atoms with E-state index in [1.807, 2.05) is 6.92 Å². The molecule has 6 heteroatoms. The van der Waals surface area contributed by atoms with Crippen molar-refractivity contribution in [3.63, 3.8) is 0 Å². The van der Waals surface area contributed by atoms with Gasteiger partial charge in [0.2, 0.25) is 0 Å². The Morgan fingerprint density at radius 2 is 2.03 bits per heavy atom. The second-order valence-electron chi connectivity index (χ2n) is 10.4. The van der Waals surface area contributed by atoms with E-state index in [0.717, 1.165) is 32.1 Å². The molecule has 0 amide bonds. The summed E-state index contributed by atoms with van der Waals surface area (Å²) in [5.41, 5.74) is -0.988. The summed E-state index contributed by atoms with van der Waals surface area (Å²) >= 11 is 0. The minimum absolute atomic E-state index is 0.0685. The molecule has 2 saturated heterocycles. The maximum atomic E-state index is 13.3. The summed E-state index contributed by atoms with van der Waals surface area (Å²) in [6.07, 6.45) is 10.7. The van der Waals surface area contributed by atoms with Crippen molar-refractivity contribution in [3.8, 4) is 0 Å². The van der Waals surface area contributed by atoms with Gasteiger partial charge in [0.15, 0.2) is 5.79 Å². The van der Waals surface area contributed by atoms with E-state index in [4.69, 9.17) is 18.9 Å². The van der Waals surface area contributed by atoms with Gasteiger partial charge in [-0.15, -0.1) is 0 Å². The molecule has 6 nitrogen and oxygen atoms in total. The fraction of sp³-hybridized carbons (Fsp3) is 0.800. The standard InChI is InChI=1S/C25H36O6/c1-4-8-23-16-19(31-21(23)26)20-18(25(23,27)11-12-28-5-2)7-6-17-15-24(29-13-14-30-24)10-9-22(17,20)3/h6,11-12,18-20,27H,4-5,7-10,13-16H2,1-3H3/b12-11+/t18-,19-,20-,22-,23-,25-/m0/s1. The van der Waals surface area contributed by atoms with E-state index in [2.05, 4.69) is 19.9 Å². The van der Waals surface area contributed by atoms with E-state index < -0.39 is 16.8 Å². The number of rotatable bonds is 5. The maximum absolute atomic E-state index is 13.3. The lowest BCUT2D eigenvalue weighted by Crippen LogP contribution is -2.64. The molecule has 0 aromatic carbocycles. The molecule has 0 radical (unpaired) electrons. The predicted octanol–water partition coefficient (Wildman–Crippen LogP) is 3.88. The van der Waals surface area contributed by atoms with Gasteiger partial charge in [0.05, 0.1) is 26.1 Å². The number of ether oxygens (including phenoxy) is 4. The van der Waals surface area contributed by atoms with Crippen LogP contribution in [0.5, 0.6) is 0 Å². The van der Waals surface area contributed by atoms with Crippen LogP contribution in [0.25, 0.3) is 0 Å². The van der Waals surface area contributed by atoms with Crippen LogP contribution in [0.15, 0.2) is 24.0 Å². The molecule has 1 N–H and O–H groups in total. The Morgan fingerprint density at radius 1 is 1.26 bits per heavy atom. The second-order valence-corrected chi connectivity index (χ2v) is 10.4. The number of fused-ring (bicyclic) bond motifs is 6. The first-order valence-electron chi connectivity index (χ1n) is 12.0. The van der Waals surface area contributed by atoms with Crippen molar-refractivity contribution in [1.29, 1.82) is 0 Å². The van der Waals surface area contributed by atoms with Crippen LogP contribution in [0.3, 0.4) is 0 Å². The predicted molar refractivity (Wildman–Crippen MR) is 114 cm³/mol. The van der Waals surface area contributed by atoms with Crippen LogP contribution in [-0.2, 0) is 23.7 Å². The van der Waals surface area contributed by atoms with Gasteiger partial charge in [0, 0.05) is 31.1 Å². The molecule has 172 valence electrons. The number of allylic oxidation sites excluding steroid dienone is 1. The summed E-state index contributed by atoms with van der Waals surface area (Å²) < 4.78 is 23.6. The summed E-state index contributed by atoms with van der Waals surface area (Å²) in [5.74, 6) is -0.749. The van der Waals surface area contributed by atoms with Gasteiger partial charge in [-0.25, -0.2) is 0 Å². The van der Waals surface area contributed by atoms with Crippen LogP contribution in [0.2, 0.25) is 0 Å². The molecule has 0 unspecified atom stereocenters. The molecular formula is C25H36O6. The molecule has 5 aliphatic rings. The monoisotopic (exact) mass is 432 g/mol. The molecule has 2 heterocycles. The highest BCUT2D eigenvalue weighted by atomic mass is 16.7. The molecule has 1 spiro atoms. The highest BCUT2D eigenvalue weighted by Gasteiger charge is 2.73. The van der Waals surface area contributed by atoms with Gasteiger partial charge in [0.25, 0.3) is 0 Å². The van der Waals surface area contributed by atoms with Gasteiger partial charge in [-0.05, 0) is 37.7 Å². The summed E-state index contributed by atoms with van der Waals surface area (Å²) in [6.45, 7) is 8.11. The Hall–Kier alpha value is -1.37. The number of hydrogen-bond donors (Lipinski definition) is 1. The summed E-state index contributed by atoms with van der Waals surface area (Å²) in [6, 6.07) is 0. The normalized spacial score (nSPS) is 45.4. The molecule has 2 bridgehead atoms. The molecule has 0 aromatic rings. The molecule has 0 aromatic heterocycles. The lowest BCUT2D eigenvalue weighted by Gasteiger charge is -2.60. The average molecular weight is 433 g/mol. The van der Waals surface area contributed by atoms with Crippen LogP contribution < -0.4 is 0 Å². The van der Waals surface area contributed by atoms with Crippen LogP contribution in [0.1, 0.15) is 65.7 Å². The van der Waals surface area contributed by atoms with Gasteiger partial charge in [-0.1, -0.05) is 31.9 Å². The van der Waals surface area contributed by atoms with Gasteiger partial charge >= 0.3 is 5.97 Å². The summed E-state index contributed by atoms with van der Waals surface area (Å²) in [5, 5.41) is 12.3. The average Bonchev–Trinajstić information content (AvgIpc) is 3.31.